The molecule has 1 rings (SSSR count). The molecule has 1 aromatic rings. The molecular weight excluding hydrogens is 309 g/mol. The van der Waals surface area contributed by atoms with Gasteiger partial charge in [-0.1, -0.05) is 12.8 Å². The van der Waals surface area contributed by atoms with Crippen LogP contribution in [-0.4, -0.2) is 25.6 Å². The van der Waals surface area contributed by atoms with Gasteiger partial charge in [0.25, 0.3) is 0 Å². The summed E-state index contributed by atoms with van der Waals surface area (Å²) in [6.07, 6.45) is 3.16. The normalized spacial score (nSPS) is 10.5. The van der Waals surface area contributed by atoms with Gasteiger partial charge in [0.2, 0.25) is 5.82 Å². The molecular formula is C14H16ClF3O3. The fraction of sp³-hybridized carbons (Fsp3) is 0.500. The van der Waals surface area contributed by atoms with Crippen molar-refractivity contribution in [3.05, 3.63) is 29.1 Å². The lowest BCUT2D eigenvalue weighted by molar-refractivity contribution is 0.0490. The summed E-state index contributed by atoms with van der Waals surface area (Å²) >= 11 is 5.51. The molecule has 0 spiro atoms. The Morgan fingerprint density at radius 1 is 1.14 bits per heavy atom. The fourth-order valence-corrected chi connectivity index (χ4v) is 1.89. The molecule has 118 valence electrons. The van der Waals surface area contributed by atoms with Gasteiger partial charge >= 0.3 is 5.97 Å². The maximum atomic E-state index is 13.8. The monoisotopic (exact) mass is 324 g/mol. The molecule has 7 heteroatoms. The zero-order valence-corrected chi connectivity index (χ0v) is 12.3. The lowest BCUT2D eigenvalue weighted by Crippen LogP contribution is -2.11. The number of hydrogen-bond acceptors (Lipinski definition) is 3. The average molecular weight is 325 g/mol. The molecule has 1 aromatic carbocycles. The Balaban J connectivity index is 2.64. The van der Waals surface area contributed by atoms with Crippen LogP contribution in [0.1, 0.15) is 36.0 Å². The van der Waals surface area contributed by atoms with Crippen molar-refractivity contribution in [1.29, 1.82) is 0 Å². The van der Waals surface area contributed by atoms with E-state index in [1.54, 1.807) is 0 Å². The Labute approximate surface area is 126 Å². The smallest absolute Gasteiger partial charge is 0.341 e. The third kappa shape index (κ3) is 4.81. The van der Waals surface area contributed by atoms with Gasteiger partial charge in [0.15, 0.2) is 17.4 Å². The van der Waals surface area contributed by atoms with Crippen LogP contribution in [0.25, 0.3) is 0 Å². The highest BCUT2D eigenvalue weighted by Crippen LogP contribution is 2.27. The molecule has 0 radical (unpaired) electrons. The van der Waals surface area contributed by atoms with Gasteiger partial charge in [-0.3, -0.25) is 0 Å². The van der Waals surface area contributed by atoms with Gasteiger partial charge in [-0.15, -0.1) is 11.6 Å². The highest BCUT2D eigenvalue weighted by atomic mass is 35.5. The van der Waals surface area contributed by atoms with Crippen LogP contribution in [0.5, 0.6) is 5.75 Å². The number of alkyl halides is 1. The summed E-state index contributed by atoms with van der Waals surface area (Å²) in [6, 6.07) is 0.461. The van der Waals surface area contributed by atoms with Crippen LogP contribution in [0, 0.1) is 17.5 Å². The largest absolute Gasteiger partial charge is 0.491 e. The second kappa shape index (κ2) is 8.77. The quantitative estimate of drug-likeness (QED) is 0.313. The molecule has 0 unspecified atom stereocenters. The van der Waals surface area contributed by atoms with Gasteiger partial charge in [0.1, 0.15) is 5.56 Å². The van der Waals surface area contributed by atoms with Gasteiger partial charge in [0, 0.05) is 5.88 Å². The summed E-state index contributed by atoms with van der Waals surface area (Å²) in [5.74, 6) is -5.55. The van der Waals surface area contributed by atoms with Gasteiger partial charge in [0.05, 0.1) is 13.7 Å². The van der Waals surface area contributed by atoms with Crippen LogP contribution in [-0.2, 0) is 4.74 Å². The minimum atomic E-state index is -1.48. The lowest BCUT2D eigenvalue weighted by Gasteiger charge is -2.09. The molecule has 0 aromatic heterocycles. The number of rotatable bonds is 8. The van der Waals surface area contributed by atoms with E-state index in [4.69, 9.17) is 16.3 Å². The van der Waals surface area contributed by atoms with Crippen molar-refractivity contribution < 1.29 is 27.4 Å². The number of halogens is 4. The molecule has 0 aliphatic rings. The number of carbonyl (C=O) groups excluding carboxylic acids is 1. The third-order valence-corrected chi connectivity index (χ3v) is 3.07. The molecule has 3 nitrogen and oxygen atoms in total. The van der Waals surface area contributed by atoms with E-state index in [9.17, 15) is 18.0 Å². The predicted octanol–water partition coefficient (Wildman–Crippen LogP) is 4.07. The van der Waals surface area contributed by atoms with E-state index in [1.165, 1.54) is 0 Å². The van der Waals surface area contributed by atoms with Crippen molar-refractivity contribution >= 4 is 17.6 Å². The van der Waals surface area contributed by atoms with Gasteiger partial charge in [-0.25, -0.2) is 13.6 Å². The zero-order chi connectivity index (χ0) is 15.8. The Morgan fingerprint density at radius 3 is 2.43 bits per heavy atom. The molecule has 0 fully saturated rings. The van der Waals surface area contributed by atoms with E-state index >= 15 is 0 Å². The first-order valence-corrected chi connectivity index (χ1v) is 7.01. The van der Waals surface area contributed by atoms with Crippen LogP contribution in [0.4, 0.5) is 13.2 Å². The summed E-state index contributed by atoms with van der Waals surface area (Å²) in [4.78, 5) is 11.7. The van der Waals surface area contributed by atoms with Crippen molar-refractivity contribution in [3.8, 4) is 5.75 Å². The SMILES string of the molecule is COc1c(F)c(F)cc(C(=O)OCCCCCCCl)c1F. The van der Waals surface area contributed by atoms with Crippen LogP contribution >= 0.6 is 11.6 Å². The first-order chi connectivity index (χ1) is 10.0. The van der Waals surface area contributed by atoms with Crippen molar-refractivity contribution in [1.82, 2.24) is 0 Å². The number of unbranched alkanes of at least 4 members (excludes halogenated alkanes) is 3. The highest BCUT2D eigenvalue weighted by molar-refractivity contribution is 6.17. The van der Waals surface area contributed by atoms with Crippen LogP contribution < -0.4 is 4.74 Å². The van der Waals surface area contributed by atoms with Crippen molar-refractivity contribution in [3.63, 3.8) is 0 Å². The van der Waals surface area contributed by atoms with Crippen LogP contribution in [0.3, 0.4) is 0 Å². The Bertz CT molecular complexity index is 495. The maximum absolute atomic E-state index is 13.8. The summed E-state index contributed by atoms with van der Waals surface area (Å²) in [6.45, 7) is 0.0713. The number of methoxy groups -OCH3 is 1. The summed E-state index contributed by atoms with van der Waals surface area (Å²) in [7, 11) is 0.979. The second-order valence-corrected chi connectivity index (χ2v) is 4.68. The highest BCUT2D eigenvalue weighted by Gasteiger charge is 2.24. The van der Waals surface area contributed by atoms with Crippen LogP contribution in [0.15, 0.2) is 6.07 Å². The molecule has 0 saturated carbocycles. The van der Waals surface area contributed by atoms with E-state index in [2.05, 4.69) is 4.74 Å². The zero-order valence-electron chi connectivity index (χ0n) is 11.6. The average Bonchev–Trinajstić information content (AvgIpc) is 2.47. The molecule has 0 aliphatic heterocycles. The topological polar surface area (TPSA) is 35.5 Å². The minimum Gasteiger partial charge on any atom is -0.491 e. The van der Waals surface area contributed by atoms with Crippen LogP contribution in [0.2, 0.25) is 0 Å². The second-order valence-electron chi connectivity index (χ2n) is 4.31. The molecule has 0 heterocycles. The number of benzene rings is 1. The lowest BCUT2D eigenvalue weighted by atomic mass is 10.2. The fourth-order valence-electron chi connectivity index (χ4n) is 1.70. The van der Waals surface area contributed by atoms with E-state index in [0.29, 0.717) is 18.4 Å². The molecule has 0 saturated heterocycles. The third-order valence-electron chi connectivity index (χ3n) is 2.80. The van der Waals surface area contributed by atoms with Crippen molar-refractivity contribution in [2.24, 2.45) is 0 Å². The molecule has 0 N–H and O–H groups in total. The summed E-state index contributed by atoms with van der Waals surface area (Å²) in [5.41, 5.74) is -0.688. The minimum absolute atomic E-state index is 0.0713. The van der Waals surface area contributed by atoms with E-state index in [1.807, 2.05) is 0 Å². The Kier molecular flexibility index (Phi) is 7.36. The maximum Gasteiger partial charge on any atom is 0.341 e. The molecule has 0 bridgehead atoms. The standard InChI is InChI=1S/C14H16ClF3O3/c1-20-13-11(17)9(8-10(16)12(13)18)14(19)21-7-5-3-2-4-6-15/h8H,2-7H2,1H3. The first kappa shape index (κ1) is 17.6. The summed E-state index contributed by atoms with van der Waals surface area (Å²) in [5, 5.41) is 0. The van der Waals surface area contributed by atoms with Gasteiger partial charge in [-0.05, 0) is 18.9 Å². The molecule has 0 aliphatic carbocycles. The van der Waals surface area contributed by atoms with Gasteiger partial charge in [-0.2, -0.15) is 4.39 Å². The van der Waals surface area contributed by atoms with Gasteiger partial charge < -0.3 is 9.47 Å². The van der Waals surface area contributed by atoms with Crippen molar-refractivity contribution in [2.45, 2.75) is 25.7 Å². The number of carbonyl (C=O) groups is 1. The predicted molar refractivity (Wildman–Crippen MR) is 72.3 cm³/mol. The van der Waals surface area contributed by atoms with E-state index < -0.39 is 34.7 Å². The Hall–Kier alpha value is -1.43. The number of esters is 1. The Morgan fingerprint density at radius 2 is 1.81 bits per heavy atom. The number of ether oxygens (including phenoxy) is 2. The molecule has 0 amide bonds. The number of hydrogen-bond donors (Lipinski definition) is 0. The van der Waals surface area contributed by atoms with E-state index in [0.717, 1.165) is 26.4 Å². The summed E-state index contributed by atoms with van der Waals surface area (Å²) < 4.78 is 49.5. The molecule has 21 heavy (non-hydrogen) atoms. The van der Waals surface area contributed by atoms with Crippen molar-refractivity contribution in [2.75, 3.05) is 19.6 Å². The first-order valence-electron chi connectivity index (χ1n) is 6.47. The molecule has 0 atom stereocenters. The van der Waals surface area contributed by atoms with E-state index in [-0.39, 0.29) is 6.61 Å².